The van der Waals surface area contributed by atoms with Crippen LogP contribution >= 0.6 is 11.3 Å². The van der Waals surface area contributed by atoms with Gasteiger partial charge in [-0.1, -0.05) is 0 Å². The van der Waals surface area contributed by atoms with Crippen LogP contribution in [0.1, 0.15) is 52.3 Å². The van der Waals surface area contributed by atoms with Crippen LogP contribution < -0.4 is 5.32 Å². The van der Waals surface area contributed by atoms with Gasteiger partial charge >= 0.3 is 0 Å². The zero-order valence-corrected chi connectivity index (χ0v) is 13.1. The molecular formula is C16H20N2O2S. The summed E-state index contributed by atoms with van der Waals surface area (Å²) in [5.74, 6) is -0.107. The van der Waals surface area contributed by atoms with Gasteiger partial charge in [-0.2, -0.15) is 11.3 Å². The molecule has 0 aliphatic heterocycles. The summed E-state index contributed by atoms with van der Waals surface area (Å²) in [6, 6.07) is 4.39. The van der Waals surface area contributed by atoms with Crippen molar-refractivity contribution in [2.24, 2.45) is 0 Å². The zero-order chi connectivity index (χ0) is 15.0. The molecule has 3 rings (SSSR count). The van der Waals surface area contributed by atoms with Crippen molar-refractivity contribution in [3.63, 3.8) is 0 Å². The summed E-state index contributed by atoms with van der Waals surface area (Å²) < 4.78 is 2.25. The van der Waals surface area contributed by atoms with E-state index in [4.69, 9.17) is 0 Å². The summed E-state index contributed by atoms with van der Waals surface area (Å²) in [6.45, 7) is 4.28. The molecule has 1 saturated carbocycles. The number of aliphatic hydroxyl groups is 1. The number of aromatic nitrogens is 1. The number of amides is 1. The number of hydrogen-bond acceptors (Lipinski definition) is 3. The Bertz CT molecular complexity index is 642. The Balaban J connectivity index is 1.67. The van der Waals surface area contributed by atoms with Crippen molar-refractivity contribution in [3.05, 3.63) is 45.4 Å². The highest BCUT2D eigenvalue weighted by molar-refractivity contribution is 7.07. The van der Waals surface area contributed by atoms with Gasteiger partial charge in [-0.25, -0.2) is 0 Å². The first-order valence-corrected chi connectivity index (χ1v) is 8.19. The number of aliphatic hydroxyl groups excluding tert-OH is 1. The second kappa shape index (κ2) is 5.66. The predicted molar refractivity (Wildman–Crippen MR) is 83.8 cm³/mol. The third kappa shape index (κ3) is 2.89. The lowest BCUT2D eigenvalue weighted by atomic mass is 10.2. The molecule has 2 N–H and O–H groups in total. The van der Waals surface area contributed by atoms with Crippen LogP contribution in [0.2, 0.25) is 0 Å². The SMILES string of the molecule is Cc1cc(C(=O)NCC(O)c2ccsc2)c(C)n1C1CC1. The second-order valence-electron chi connectivity index (χ2n) is 5.67. The largest absolute Gasteiger partial charge is 0.387 e. The van der Waals surface area contributed by atoms with Gasteiger partial charge in [0.25, 0.3) is 5.91 Å². The maximum atomic E-state index is 12.3. The average molecular weight is 304 g/mol. The molecule has 2 heterocycles. The van der Waals surface area contributed by atoms with E-state index in [9.17, 15) is 9.90 Å². The molecular weight excluding hydrogens is 284 g/mol. The molecule has 1 fully saturated rings. The fraction of sp³-hybridized carbons (Fsp3) is 0.438. The fourth-order valence-corrected chi connectivity index (χ4v) is 3.48. The molecule has 0 radical (unpaired) electrons. The smallest absolute Gasteiger partial charge is 0.253 e. The van der Waals surface area contributed by atoms with E-state index in [1.807, 2.05) is 36.7 Å². The van der Waals surface area contributed by atoms with Crippen LogP contribution in [0, 0.1) is 13.8 Å². The maximum absolute atomic E-state index is 12.3. The summed E-state index contributed by atoms with van der Waals surface area (Å²) in [4.78, 5) is 12.3. The molecule has 0 bridgehead atoms. The maximum Gasteiger partial charge on any atom is 0.253 e. The summed E-state index contributed by atoms with van der Waals surface area (Å²) in [6.07, 6.45) is 1.76. The second-order valence-corrected chi connectivity index (χ2v) is 6.45. The first-order chi connectivity index (χ1) is 10.1. The minimum absolute atomic E-state index is 0.107. The summed E-state index contributed by atoms with van der Waals surface area (Å²) in [5.41, 5.74) is 3.73. The van der Waals surface area contributed by atoms with Crippen molar-refractivity contribution >= 4 is 17.2 Å². The fourth-order valence-electron chi connectivity index (χ4n) is 2.77. The first kappa shape index (κ1) is 14.4. The molecule has 0 aromatic carbocycles. The Kier molecular flexibility index (Phi) is 3.87. The number of carbonyl (C=O) groups excluding carboxylic acids is 1. The van der Waals surface area contributed by atoms with E-state index in [-0.39, 0.29) is 12.5 Å². The van der Waals surface area contributed by atoms with Crippen molar-refractivity contribution in [2.75, 3.05) is 6.54 Å². The van der Waals surface area contributed by atoms with E-state index >= 15 is 0 Å². The van der Waals surface area contributed by atoms with Crippen LogP contribution in [0.25, 0.3) is 0 Å². The molecule has 1 atom stereocenters. The van der Waals surface area contributed by atoms with Crippen LogP contribution in [0.3, 0.4) is 0 Å². The summed E-state index contributed by atoms with van der Waals surface area (Å²) >= 11 is 1.54. The summed E-state index contributed by atoms with van der Waals surface area (Å²) in [7, 11) is 0. The van der Waals surface area contributed by atoms with Gasteiger partial charge in [0.05, 0.1) is 11.7 Å². The number of aryl methyl sites for hydroxylation is 1. The van der Waals surface area contributed by atoms with Gasteiger partial charge in [0.15, 0.2) is 0 Å². The van der Waals surface area contributed by atoms with Gasteiger partial charge in [0.2, 0.25) is 0 Å². The number of thiophene rings is 1. The van der Waals surface area contributed by atoms with Gasteiger partial charge in [-0.05, 0) is 55.1 Å². The normalized spacial score (nSPS) is 16.0. The van der Waals surface area contributed by atoms with Crippen molar-refractivity contribution < 1.29 is 9.90 Å². The van der Waals surface area contributed by atoms with E-state index < -0.39 is 6.10 Å². The van der Waals surface area contributed by atoms with Crippen LogP contribution in [0.5, 0.6) is 0 Å². The van der Waals surface area contributed by atoms with E-state index in [0.717, 1.165) is 22.5 Å². The number of hydrogen-bond donors (Lipinski definition) is 2. The molecule has 4 nitrogen and oxygen atoms in total. The van der Waals surface area contributed by atoms with E-state index in [1.54, 1.807) is 11.3 Å². The quantitative estimate of drug-likeness (QED) is 0.892. The minimum Gasteiger partial charge on any atom is -0.387 e. The third-order valence-corrected chi connectivity index (χ3v) is 4.73. The molecule has 1 amide bonds. The number of rotatable bonds is 5. The standard InChI is InChI=1S/C16H20N2O2S/c1-10-7-14(11(2)18(10)13-3-4-13)16(20)17-8-15(19)12-5-6-21-9-12/h5-7,9,13,15,19H,3-4,8H2,1-2H3,(H,17,20). The highest BCUT2D eigenvalue weighted by Crippen LogP contribution is 2.38. The molecule has 1 unspecified atom stereocenters. The molecule has 112 valence electrons. The predicted octanol–water partition coefficient (Wildman–Crippen LogP) is 2.96. The molecule has 0 spiro atoms. The lowest BCUT2D eigenvalue weighted by Gasteiger charge is -2.11. The monoisotopic (exact) mass is 304 g/mol. The van der Waals surface area contributed by atoms with Gasteiger partial charge in [-0.15, -0.1) is 0 Å². The number of nitrogens with one attached hydrogen (secondary N) is 1. The highest BCUT2D eigenvalue weighted by Gasteiger charge is 2.28. The average Bonchev–Trinajstić information content (AvgIpc) is 3.03. The van der Waals surface area contributed by atoms with Crippen LogP contribution in [-0.2, 0) is 0 Å². The topological polar surface area (TPSA) is 54.3 Å². The third-order valence-electron chi connectivity index (χ3n) is 4.02. The Morgan fingerprint density at radius 1 is 1.52 bits per heavy atom. The first-order valence-electron chi connectivity index (χ1n) is 7.24. The molecule has 5 heteroatoms. The minimum atomic E-state index is -0.646. The lowest BCUT2D eigenvalue weighted by molar-refractivity contribution is 0.0916. The van der Waals surface area contributed by atoms with Crippen LogP contribution in [0.4, 0.5) is 0 Å². The Morgan fingerprint density at radius 3 is 2.90 bits per heavy atom. The van der Waals surface area contributed by atoms with Gasteiger partial charge in [0.1, 0.15) is 0 Å². The Labute approximate surface area is 128 Å². The molecule has 1 aliphatic carbocycles. The molecule has 2 aromatic rings. The van der Waals surface area contributed by atoms with E-state index in [2.05, 4.69) is 9.88 Å². The molecule has 0 saturated heterocycles. The molecule has 21 heavy (non-hydrogen) atoms. The lowest BCUT2D eigenvalue weighted by Crippen LogP contribution is -2.28. The Hall–Kier alpha value is -1.59. The number of nitrogens with zero attached hydrogens (tertiary/aromatic N) is 1. The van der Waals surface area contributed by atoms with Crippen LogP contribution in [-0.4, -0.2) is 22.1 Å². The van der Waals surface area contributed by atoms with E-state index in [1.165, 1.54) is 12.8 Å². The Morgan fingerprint density at radius 2 is 2.29 bits per heavy atom. The highest BCUT2D eigenvalue weighted by atomic mass is 32.1. The van der Waals surface area contributed by atoms with Crippen molar-refractivity contribution in [1.82, 2.24) is 9.88 Å². The van der Waals surface area contributed by atoms with Gasteiger partial charge in [0, 0.05) is 24.0 Å². The zero-order valence-electron chi connectivity index (χ0n) is 12.3. The number of carbonyl (C=O) groups is 1. The van der Waals surface area contributed by atoms with Crippen LogP contribution in [0.15, 0.2) is 22.9 Å². The van der Waals surface area contributed by atoms with Gasteiger partial charge in [-0.3, -0.25) is 4.79 Å². The molecule has 1 aliphatic rings. The van der Waals surface area contributed by atoms with E-state index in [0.29, 0.717) is 6.04 Å². The van der Waals surface area contributed by atoms with Crippen molar-refractivity contribution in [2.45, 2.75) is 38.8 Å². The van der Waals surface area contributed by atoms with Crippen molar-refractivity contribution in [1.29, 1.82) is 0 Å². The summed E-state index contributed by atoms with van der Waals surface area (Å²) in [5, 5.41) is 16.7. The van der Waals surface area contributed by atoms with Gasteiger partial charge < -0.3 is 15.0 Å². The van der Waals surface area contributed by atoms with Crippen molar-refractivity contribution in [3.8, 4) is 0 Å². The molecule has 2 aromatic heterocycles.